The van der Waals surface area contributed by atoms with E-state index in [0.717, 1.165) is 27.5 Å². The highest BCUT2D eigenvalue weighted by Gasteiger charge is 2.39. The molecule has 3 aliphatic rings. The van der Waals surface area contributed by atoms with E-state index < -0.39 is 0 Å². The zero-order chi connectivity index (χ0) is 39.1. The van der Waals surface area contributed by atoms with Gasteiger partial charge in [-0.3, -0.25) is 4.57 Å². The Morgan fingerprint density at radius 3 is 1.60 bits per heavy atom. The summed E-state index contributed by atoms with van der Waals surface area (Å²) in [7, 11) is 0. The van der Waals surface area contributed by atoms with Crippen molar-refractivity contribution in [3.63, 3.8) is 0 Å². The summed E-state index contributed by atoms with van der Waals surface area (Å²) in [5, 5.41) is 4.83. The Morgan fingerprint density at radius 2 is 0.950 bits per heavy atom. The van der Waals surface area contributed by atoms with E-state index >= 15 is 0 Å². The van der Waals surface area contributed by atoms with Crippen molar-refractivity contribution < 1.29 is 0 Å². The van der Waals surface area contributed by atoms with Gasteiger partial charge in [-0.05, 0) is 65.7 Å². The highest BCUT2D eigenvalue weighted by Crippen LogP contribution is 2.66. The van der Waals surface area contributed by atoms with Crippen LogP contribution >= 0.6 is 46.6 Å². The van der Waals surface area contributed by atoms with Gasteiger partial charge in [0.25, 0.3) is 0 Å². The third kappa shape index (κ3) is 4.77. The van der Waals surface area contributed by atoms with Crippen LogP contribution in [0.2, 0.25) is 0 Å². The molecular formula is C51H27N5S4. The number of fused-ring (bicyclic) bond motifs is 7. The molecule has 0 radical (unpaired) electrons. The van der Waals surface area contributed by atoms with Crippen LogP contribution < -0.4 is 4.90 Å². The van der Waals surface area contributed by atoms with E-state index in [1.165, 1.54) is 83.1 Å². The summed E-state index contributed by atoms with van der Waals surface area (Å²) >= 11 is 7.51. The first-order valence-corrected chi connectivity index (χ1v) is 23.0. The Hall–Kier alpha value is -6.36. The second-order valence-electron chi connectivity index (χ2n) is 15.2. The van der Waals surface area contributed by atoms with Gasteiger partial charge in [-0.25, -0.2) is 4.98 Å². The van der Waals surface area contributed by atoms with Crippen molar-refractivity contribution in [1.82, 2.24) is 19.5 Å². The topological polar surface area (TPSA) is 46.8 Å². The van der Waals surface area contributed by atoms with Gasteiger partial charge >= 0.3 is 0 Å². The molecule has 0 spiro atoms. The third-order valence-electron chi connectivity index (χ3n) is 11.8. The first kappa shape index (κ1) is 33.5. The molecule has 0 fully saturated rings. The largest absolute Gasteiger partial charge is 0.304 e. The summed E-state index contributed by atoms with van der Waals surface area (Å²) in [6.45, 7) is 0. The van der Waals surface area contributed by atoms with Gasteiger partial charge in [0.15, 0.2) is 11.6 Å². The first-order chi connectivity index (χ1) is 29.7. The van der Waals surface area contributed by atoms with Crippen LogP contribution in [-0.2, 0) is 0 Å². The second kappa shape index (κ2) is 12.6. The Kier molecular flexibility index (Phi) is 7.02. The number of nitrogens with zero attached hydrogens (tertiary/aromatic N) is 5. The summed E-state index contributed by atoms with van der Waals surface area (Å²) in [6.07, 6.45) is 0. The Morgan fingerprint density at radius 1 is 0.383 bits per heavy atom. The minimum atomic E-state index is 0.599. The minimum absolute atomic E-state index is 0.599. The molecule has 0 saturated carbocycles. The van der Waals surface area contributed by atoms with Crippen LogP contribution in [0.1, 0.15) is 0 Å². The molecule has 11 aromatic rings. The molecule has 0 bridgehead atoms. The van der Waals surface area contributed by atoms with Crippen LogP contribution in [0.5, 0.6) is 0 Å². The maximum Gasteiger partial charge on any atom is 0.238 e. The average molecular weight is 838 g/mol. The number of rotatable bonds is 4. The van der Waals surface area contributed by atoms with E-state index in [1.54, 1.807) is 0 Å². The maximum absolute atomic E-state index is 5.28. The molecule has 0 atom stereocenters. The maximum atomic E-state index is 5.28. The van der Waals surface area contributed by atoms with Gasteiger partial charge in [-0.15, -0.1) is 11.3 Å². The monoisotopic (exact) mass is 837 g/mol. The molecule has 0 aliphatic carbocycles. The van der Waals surface area contributed by atoms with Gasteiger partial charge in [0, 0.05) is 66.7 Å². The number of benzene rings is 8. The van der Waals surface area contributed by atoms with E-state index in [9.17, 15) is 0 Å². The predicted octanol–water partition coefficient (Wildman–Crippen LogP) is 15.2. The lowest BCUT2D eigenvalue weighted by atomic mass is 10.0. The molecule has 14 rings (SSSR count). The molecular weight excluding hydrogens is 811 g/mol. The first-order valence-electron chi connectivity index (χ1n) is 19.8. The number of para-hydroxylation sites is 2. The molecule has 5 nitrogen and oxygen atoms in total. The van der Waals surface area contributed by atoms with Crippen molar-refractivity contribution in [3.05, 3.63) is 164 Å². The number of hydrogen-bond donors (Lipinski definition) is 0. The van der Waals surface area contributed by atoms with Crippen molar-refractivity contribution in [3.8, 4) is 39.9 Å². The standard InChI is InChI=1S/C51H27N5S4/c1-3-11-28(12-4-1)49-52-50(29-13-5-2-6-14-29)54-51(53-49)55-36-24-21-30(25-35(36)33-22-23-34-32-15-7-8-16-37(32)60-48(34)44(33)55)31-26-42-47-43(27-31)59-41-20-10-18-39-46(41)56(47)45-38(57-39)17-9-19-40(45)58-42/h1-27H. The number of hydrogen-bond acceptors (Lipinski definition) is 8. The molecule has 60 heavy (non-hydrogen) atoms. The van der Waals surface area contributed by atoms with E-state index in [2.05, 4.69) is 137 Å². The van der Waals surface area contributed by atoms with Crippen molar-refractivity contribution in [2.24, 2.45) is 0 Å². The summed E-state index contributed by atoms with van der Waals surface area (Å²) in [6, 6.07) is 59.0. The fourth-order valence-corrected chi connectivity index (χ4v) is 14.0. The average Bonchev–Trinajstić information content (AvgIpc) is 3.85. The van der Waals surface area contributed by atoms with E-state index in [4.69, 9.17) is 15.0 Å². The Bertz CT molecular complexity index is 3520. The van der Waals surface area contributed by atoms with Gasteiger partial charge in [-0.2, -0.15) is 9.97 Å². The van der Waals surface area contributed by atoms with E-state index in [-0.39, 0.29) is 0 Å². The SMILES string of the molecule is c1ccc(-c2nc(-c3ccccc3)nc(-n3c4ccc(-c5cc6c7c(c5)Sc5cccc8c5N7c5c(cccc5S6)S8)cc4c4ccc5c6ccccc6sc5c43)n2)cc1. The summed E-state index contributed by atoms with van der Waals surface area (Å²) < 4.78 is 4.76. The Labute approximate surface area is 360 Å². The van der Waals surface area contributed by atoms with Gasteiger partial charge < -0.3 is 4.90 Å². The van der Waals surface area contributed by atoms with Crippen LogP contribution in [0, 0.1) is 0 Å². The fraction of sp³-hybridized carbons (Fsp3) is 0. The molecule has 0 N–H and O–H groups in total. The van der Waals surface area contributed by atoms with Crippen molar-refractivity contribution in [1.29, 1.82) is 0 Å². The third-order valence-corrected chi connectivity index (χ3v) is 16.2. The number of thiophene rings is 1. The molecule has 280 valence electrons. The zero-order valence-corrected chi connectivity index (χ0v) is 34.7. The van der Waals surface area contributed by atoms with Gasteiger partial charge in [0.05, 0.1) is 32.8 Å². The normalized spacial score (nSPS) is 13.4. The van der Waals surface area contributed by atoms with Crippen LogP contribution in [0.15, 0.2) is 193 Å². The van der Waals surface area contributed by atoms with Gasteiger partial charge in [-0.1, -0.05) is 144 Å². The highest BCUT2D eigenvalue weighted by atomic mass is 32.2. The molecule has 6 heterocycles. The number of aromatic nitrogens is 4. The molecule has 8 aromatic carbocycles. The molecule has 0 unspecified atom stereocenters. The van der Waals surface area contributed by atoms with Crippen molar-refractivity contribution in [2.45, 2.75) is 29.4 Å². The van der Waals surface area contributed by atoms with Gasteiger partial charge in [0.1, 0.15) is 0 Å². The smallest absolute Gasteiger partial charge is 0.238 e. The Balaban J connectivity index is 1.02. The summed E-state index contributed by atoms with van der Waals surface area (Å²) in [4.78, 5) is 26.0. The van der Waals surface area contributed by atoms with Gasteiger partial charge in [0.2, 0.25) is 5.95 Å². The highest BCUT2D eigenvalue weighted by molar-refractivity contribution is 8.01. The quantitative estimate of drug-likeness (QED) is 0.175. The van der Waals surface area contributed by atoms with Crippen LogP contribution in [0.4, 0.5) is 17.1 Å². The summed E-state index contributed by atoms with van der Waals surface area (Å²) in [5.74, 6) is 1.88. The van der Waals surface area contributed by atoms with Crippen molar-refractivity contribution in [2.75, 3.05) is 4.90 Å². The molecule has 0 amide bonds. The minimum Gasteiger partial charge on any atom is -0.304 e. The number of anilines is 3. The van der Waals surface area contributed by atoms with Crippen LogP contribution in [-0.4, -0.2) is 19.5 Å². The molecule has 3 aromatic heterocycles. The molecule has 0 saturated heterocycles. The fourth-order valence-electron chi connectivity index (χ4n) is 9.16. The second-order valence-corrected chi connectivity index (χ2v) is 19.5. The lowest BCUT2D eigenvalue weighted by Crippen LogP contribution is -2.22. The molecule has 3 aliphatic heterocycles. The van der Waals surface area contributed by atoms with Crippen LogP contribution in [0.3, 0.4) is 0 Å². The molecule has 9 heteroatoms. The van der Waals surface area contributed by atoms with E-state index in [0.29, 0.717) is 17.6 Å². The zero-order valence-electron chi connectivity index (χ0n) is 31.5. The lowest BCUT2D eigenvalue weighted by molar-refractivity contribution is 0.955. The van der Waals surface area contributed by atoms with Crippen LogP contribution in [0.25, 0.3) is 81.8 Å². The van der Waals surface area contributed by atoms with E-state index in [1.807, 2.05) is 83.0 Å². The summed E-state index contributed by atoms with van der Waals surface area (Å²) in [5.41, 5.74) is 10.4. The van der Waals surface area contributed by atoms with Crippen molar-refractivity contribution >= 4 is 106 Å². The predicted molar refractivity (Wildman–Crippen MR) is 250 cm³/mol. The lowest BCUT2D eigenvalue weighted by Gasteiger charge is -2.42.